The van der Waals surface area contributed by atoms with Gasteiger partial charge in [0.05, 0.1) is 4.92 Å². The number of hydrogen-bond donors (Lipinski definition) is 2. The monoisotopic (exact) mass is 227 g/mol. The summed E-state index contributed by atoms with van der Waals surface area (Å²) in [6, 6.07) is 0. The van der Waals surface area contributed by atoms with Crippen LogP contribution < -0.4 is 11.1 Å². The van der Waals surface area contributed by atoms with Crippen molar-refractivity contribution in [1.82, 2.24) is 9.78 Å². The summed E-state index contributed by atoms with van der Waals surface area (Å²) in [6.45, 7) is 3.04. The van der Waals surface area contributed by atoms with Crippen LogP contribution in [0.1, 0.15) is 13.8 Å². The van der Waals surface area contributed by atoms with Crippen LogP contribution in [0, 0.1) is 10.1 Å². The third-order valence-corrected chi connectivity index (χ3v) is 2.05. The first kappa shape index (κ1) is 12.0. The molecule has 1 heterocycles. The number of anilines is 1. The largest absolute Gasteiger partial charge is 0.368 e. The van der Waals surface area contributed by atoms with Crippen molar-refractivity contribution in [3.8, 4) is 0 Å². The standard InChI is InChI=1S/C8H13N5O3/c1-8(2,7(9)14)10-6-5(13(15)16)4-12(3)11-6/h4H,1-3H3,(H2,9,14)(H,10,11). The van der Waals surface area contributed by atoms with Crippen LogP contribution in [0.2, 0.25) is 0 Å². The molecule has 0 aliphatic carbocycles. The van der Waals surface area contributed by atoms with Crippen molar-refractivity contribution < 1.29 is 9.72 Å². The van der Waals surface area contributed by atoms with Gasteiger partial charge in [0.25, 0.3) is 0 Å². The second-order valence-electron chi connectivity index (χ2n) is 3.91. The SMILES string of the molecule is Cn1cc([N+](=O)[O-])c(NC(C)(C)C(N)=O)n1. The Hall–Kier alpha value is -2.12. The summed E-state index contributed by atoms with van der Waals surface area (Å²) in [5.41, 5.74) is 3.85. The molecular weight excluding hydrogens is 214 g/mol. The van der Waals surface area contributed by atoms with Gasteiger partial charge in [0, 0.05) is 7.05 Å². The number of aryl methyl sites for hydroxylation is 1. The second kappa shape index (κ2) is 3.80. The number of nitro groups is 1. The highest BCUT2D eigenvalue weighted by atomic mass is 16.6. The summed E-state index contributed by atoms with van der Waals surface area (Å²) in [5.74, 6) is -0.594. The molecule has 1 aromatic rings. The summed E-state index contributed by atoms with van der Waals surface area (Å²) in [6.07, 6.45) is 1.25. The second-order valence-corrected chi connectivity index (χ2v) is 3.91. The lowest BCUT2D eigenvalue weighted by Crippen LogP contribution is -2.45. The minimum Gasteiger partial charge on any atom is -0.368 e. The minimum absolute atomic E-state index is 0.0244. The molecule has 1 amide bonds. The van der Waals surface area contributed by atoms with E-state index in [-0.39, 0.29) is 11.5 Å². The van der Waals surface area contributed by atoms with E-state index in [2.05, 4.69) is 10.4 Å². The van der Waals surface area contributed by atoms with E-state index in [4.69, 9.17) is 5.73 Å². The highest BCUT2D eigenvalue weighted by Crippen LogP contribution is 2.24. The summed E-state index contributed by atoms with van der Waals surface area (Å²) < 4.78 is 1.29. The third kappa shape index (κ3) is 2.27. The molecule has 8 heteroatoms. The molecule has 16 heavy (non-hydrogen) atoms. The van der Waals surface area contributed by atoms with Gasteiger partial charge in [0.1, 0.15) is 11.7 Å². The maximum absolute atomic E-state index is 11.1. The molecule has 0 radical (unpaired) electrons. The fraction of sp³-hybridized carbons (Fsp3) is 0.500. The van der Waals surface area contributed by atoms with Gasteiger partial charge >= 0.3 is 5.69 Å². The Morgan fingerprint density at radius 2 is 2.25 bits per heavy atom. The first-order valence-electron chi connectivity index (χ1n) is 4.50. The highest BCUT2D eigenvalue weighted by molar-refractivity contribution is 5.87. The molecular formula is C8H13N5O3. The Labute approximate surface area is 91.6 Å². The predicted molar refractivity (Wildman–Crippen MR) is 56.8 cm³/mol. The van der Waals surface area contributed by atoms with E-state index in [1.54, 1.807) is 7.05 Å². The van der Waals surface area contributed by atoms with Crippen molar-refractivity contribution in [2.45, 2.75) is 19.4 Å². The van der Waals surface area contributed by atoms with E-state index >= 15 is 0 Å². The number of aromatic nitrogens is 2. The average Bonchev–Trinajstić information content (AvgIpc) is 2.45. The number of carbonyl (C=O) groups is 1. The molecule has 0 saturated heterocycles. The lowest BCUT2D eigenvalue weighted by Gasteiger charge is -2.21. The molecule has 0 saturated carbocycles. The van der Waals surface area contributed by atoms with Crippen LogP contribution >= 0.6 is 0 Å². The fourth-order valence-electron chi connectivity index (χ4n) is 1.06. The maximum atomic E-state index is 11.1. The van der Waals surface area contributed by atoms with E-state index in [9.17, 15) is 14.9 Å². The molecule has 0 bridgehead atoms. The molecule has 1 aromatic heterocycles. The number of carbonyl (C=O) groups excluding carboxylic acids is 1. The number of nitrogens with one attached hydrogen (secondary N) is 1. The van der Waals surface area contributed by atoms with Crippen LogP contribution in [0.5, 0.6) is 0 Å². The van der Waals surface area contributed by atoms with Gasteiger partial charge in [-0.15, -0.1) is 5.10 Å². The summed E-state index contributed by atoms with van der Waals surface area (Å²) >= 11 is 0. The van der Waals surface area contributed by atoms with Crippen molar-refractivity contribution in [2.24, 2.45) is 12.8 Å². The smallest absolute Gasteiger partial charge is 0.330 e. The van der Waals surface area contributed by atoms with E-state index in [1.165, 1.54) is 24.7 Å². The zero-order chi connectivity index (χ0) is 12.5. The maximum Gasteiger partial charge on any atom is 0.330 e. The van der Waals surface area contributed by atoms with Gasteiger partial charge in [-0.1, -0.05) is 0 Å². The lowest BCUT2D eigenvalue weighted by molar-refractivity contribution is -0.384. The summed E-state index contributed by atoms with van der Waals surface area (Å²) in [5, 5.41) is 17.2. The van der Waals surface area contributed by atoms with Crippen LogP contribution in [0.25, 0.3) is 0 Å². The zero-order valence-corrected chi connectivity index (χ0v) is 9.22. The summed E-state index contributed by atoms with van der Waals surface area (Å²) in [7, 11) is 1.55. The molecule has 8 nitrogen and oxygen atoms in total. The van der Waals surface area contributed by atoms with Crippen molar-refractivity contribution in [1.29, 1.82) is 0 Å². The predicted octanol–water partition coefficient (Wildman–Crippen LogP) is 0.00410. The molecule has 0 aromatic carbocycles. The Balaban J connectivity index is 3.06. The van der Waals surface area contributed by atoms with Gasteiger partial charge in [-0.05, 0) is 13.8 Å². The molecule has 1 rings (SSSR count). The first-order valence-corrected chi connectivity index (χ1v) is 4.50. The molecule has 0 fully saturated rings. The normalized spacial score (nSPS) is 11.2. The molecule has 88 valence electrons. The van der Waals surface area contributed by atoms with Crippen LogP contribution in [0.4, 0.5) is 11.5 Å². The average molecular weight is 227 g/mol. The Kier molecular flexibility index (Phi) is 2.84. The van der Waals surface area contributed by atoms with E-state index in [1.807, 2.05) is 0 Å². The van der Waals surface area contributed by atoms with Crippen molar-refractivity contribution in [2.75, 3.05) is 5.32 Å². The number of hydrogen-bond acceptors (Lipinski definition) is 5. The highest BCUT2D eigenvalue weighted by Gasteiger charge is 2.29. The zero-order valence-electron chi connectivity index (χ0n) is 9.22. The van der Waals surface area contributed by atoms with E-state index in [0.29, 0.717) is 0 Å². The van der Waals surface area contributed by atoms with Crippen molar-refractivity contribution in [3.63, 3.8) is 0 Å². The molecule has 0 spiro atoms. The van der Waals surface area contributed by atoms with Crippen LogP contribution in [-0.4, -0.2) is 26.1 Å². The van der Waals surface area contributed by atoms with Gasteiger partial charge in [-0.25, -0.2) is 0 Å². The van der Waals surface area contributed by atoms with Crippen LogP contribution in [0.15, 0.2) is 6.20 Å². The molecule has 0 unspecified atom stereocenters. The van der Waals surface area contributed by atoms with Crippen LogP contribution in [-0.2, 0) is 11.8 Å². The molecule has 0 aliphatic rings. The van der Waals surface area contributed by atoms with Gasteiger partial charge in [-0.3, -0.25) is 19.6 Å². The number of nitrogens with two attached hydrogens (primary N) is 1. The minimum atomic E-state index is -1.10. The van der Waals surface area contributed by atoms with Crippen molar-refractivity contribution >= 4 is 17.4 Å². The molecule has 0 aliphatic heterocycles. The van der Waals surface area contributed by atoms with Gasteiger partial charge in [0.2, 0.25) is 11.7 Å². The third-order valence-electron chi connectivity index (χ3n) is 2.05. The van der Waals surface area contributed by atoms with Gasteiger partial charge in [-0.2, -0.15) is 0 Å². The number of rotatable bonds is 4. The first-order chi connectivity index (χ1) is 7.24. The summed E-state index contributed by atoms with van der Waals surface area (Å²) in [4.78, 5) is 21.2. The van der Waals surface area contributed by atoms with Gasteiger partial charge < -0.3 is 11.1 Å². The lowest BCUT2D eigenvalue weighted by atomic mass is 10.1. The van der Waals surface area contributed by atoms with E-state index in [0.717, 1.165) is 0 Å². The fourth-order valence-corrected chi connectivity index (χ4v) is 1.06. The number of amides is 1. The molecule has 3 N–H and O–H groups in total. The Morgan fingerprint density at radius 3 is 2.69 bits per heavy atom. The van der Waals surface area contributed by atoms with Gasteiger partial charge in [0.15, 0.2) is 0 Å². The number of primary amides is 1. The number of nitrogens with zero attached hydrogens (tertiary/aromatic N) is 3. The molecule has 0 atom stereocenters. The van der Waals surface area contributed by atoms with Crippen molar-refractivity contribution in [3.05, 3.63) is 16.3 Å². The topological polar surface area (TPSA) is 116 Å². The Morgan fingerprint density at radius 1 is 1.69 bits per heavy atom. The van der Waals surface area contributed by atoms with E-state index < -0.39 is 16.4 Å². The quantitative estimate of drug-likeness (QED) is 0.555. The van der Waals surface area contributed by atoms with Crippen LogP contribution in [0.3, 0.4) is 0 Å². The Bertz CT molecular complexity index is 437.